The summed E-state index contributed by atoms with van der Waals surface area (Å²) in [7, 11) is 0. The average molecular weight is 435 g/mol. The van der Waals surface area contributed by atoms with Crippen LogP contribution in [0.5, 0.6) is 5.75 Å². The number of carbonyl (C=O) groups is 2. The Morgan fingerprint density at radius 1 is 1.10 bits per heavy atom. The lowest BCUT2D eigenvalue weighted by atomic mass is 9.99. The molecule has 1 aromatic carbocycles. The normalized spacial score (nSPS) is 11.0. The minimum Gasteiger partial charge on any atom is -0.493 e. The van der Waals surface area contributed by atoms with Crippen LogP contribution in [-0.2, 0) is 16.0 Å². The molecule has 0 aromatic heterocycles. The second kappa shape index (κ2) is 15.5. The lowest BCUT2D eigenvalue weighted by molar-refractivity contribution is -0.192. The summed E-state index contributed by atoms with van der Waals surface area (Å²) in [5, 5.41) is 18.9. The Labute approximate surface area is 175 Å². The van der Waals surface area contributed by atoms with Gasteiger partial charge in [0.25, 0.3) is 0 Å². The first-order valence-corrected chi connectivity index (χ1v) is 10.0. The van der Waals surface area contributed by atoms with Crippen LogP contribution in [0.2, 0.25) is 0 Å². The van der Waals surface area contributed by atoms with Gasteiger partial charge < -0.3 is 20.3 Å². The van der Waals surface area contributed by atoms with Gasteiger partial charge >= 0.3 is 18.1 Å². The first-order chi connectivity index (χ1) is 14.1. The zero-order valence-electron chi connectivity index (χ0n) is 17.5. The van der Waals surface area contributed by atoms with E-state index in [1.807, 2.05) is 12.1 Å². The van der Waals surface area contributed by atoms with E-state index in [1.165, 1.54) is 31.2 Å². The van der Waals surface area contributed by atoms with E-state index in [2.05, 4.69) is 31.3 Å². The minimum absolute atomic E-state index is 0.166. The molecule has 0 saturated carbocycles. The maximum Gasteiger partial charge on any atom is 0.490 e. The Morgan fingerprint density at radius 3 is 2.20 bits per heavy atom. The Kier molecular flexibility index (Phi) is 14.4. The molecule has 6 nitrogen and oxygen atoms in total. The molecule has 0 amide bonds. The van der Waals surface area contributed by atoms with Gasteiger partial charge in [-0.15, -0.1) is 0 Å². The van der Waals surface area contributed by atoms with Gasteiger partial charge in [-0.05, 0) is 49.4 Å². The number of hydrogen-bond acceptors (Lipinski definition) is 4. The third-order valence-electron chi connectivity index (χ3n) is 4.13. The highest BCUT2D eigenvalue weighted by atomic mass is 19.4. The van der Waals surface area contributed by atoms with Crippen LogP contribution in [0, 0.1) is 5.92 Å². The highest BCUT2D eigenvalue weighted by Crippen LogP contribution is 2.18. The van der Waals surface area contributed by atoms with Crippen LogP contribution in [-0.4, -0.2) is 48.0 Å². The molecular weight excluding hydrogens is 403 g/mol. The maximum absolute atomic E-state index is 10.6. The Hall–Kier alpha value is -2.29. The number of aliphatic carboxylic acids is 2. The number of carboxylic acids is 2. The summed E-state index contributed by atoms with van der Waals surface area (Å²) >= 11 is 0. The molecule has 172 valence electrons. The van der Waals surface area contributed by atoms with Gasteiger partial charge in [-0.2, -0.15) is 13.2 Å². The molecule has 0 aliphatic heterocycles. The third-order valence-corrected chi connectivity index (χ3v) is 4.13. The van der Waals surface area contributed by atoms with E-state index >= 15 is 0 Å². The molecule has 0 atom stereocenters. The van der Waals surface area contributed by atoms with Crippen LogP contribution in [0.25, 0.3) is 0 Å². The number of ether oxygens (including phenoxy) is 1. The molecular formula is C21H32F3NO5. The van der Waals surface area contributed by atoms with Crippen LogP contribution in [0.3, 0.4) is 0 Å². The summed E-state index contributed by atoms with van der Waals surface area (Å²) in [6, 6.07) is 8.21. The Morgan fingerprint density at radius 2 is 1.70 bits per heavy atom. The third kappa shape index (κ3) is 14.7. The lowest BCUT2D eigenvalue weighted by Gasteiger charge is -2.16. The summed E-state index contributed by atoms with van der Waals surface area (Å²) < 4.78 is 37.7. The van der Waals surface area contributed by atoms with Crippen LogP contribution < -0.4 is 10.1 Å². The number of nitrogens with one attached hydrogen (secondary N) is 1. The molecule has 0 aliphatic carbocycles. The number of rotatable bonds is 13. The fourth-order valence-electron chi connectivity index (χ4n) is 2.69. The molecule has 0 heterocycles. The van der Waals surface area contributed by atoms with Gasteiger partial charge in [0.1, 0.15) is 5.75 Å². The second-order valence-corrected chi connectivity index (χ2v) is 6.85. The highest BCUT2D eigenvalue weighted by molar-refractivity contribution is 5.73. The van der Waals surface area contributed by atoms with Crippen molar-refractivity contribution in [3.05, 3.63) is 29.8 Å². The second-order valence-electron chi connectivity index (χ2n) is 6.85. The van der Waals surface area contributed by atoms with Crippen molar-refractivity contribution in [3.63, 3.8) is 0 Å². The van der Waals surface area contributed by atoms with Crippen LogP contribution >= 0.6 is 0 Å². The molecule has 0 radical (unpaired) electrons. The largest absolute Gasteiger partial charge is 0.493 e. The quantitative estimate of drug-likeness (QED) is 0.394. The van der Waals surface area contributed by atoms with Gasteiger partial charge in [-0.1, -0.05) is 38.8 Å². The summed E-state index contributed by atoms with van der Waals surface area (Å²) in [6.45, 7) is 6.54. The molecule has 0 fully saturated rings. The van der Waals surface area contributed by atoms with E-state index in [0.717, 1.165) is 25.3 Å². The fourth-order valence-corrected chi connectivity index (χ4v) is 2.69. The highest BCUT2D eigenvalue weighted by Gasteiger charge is 2.38. The molecule has 1 aromatic rings. The number of hydrogen-bond donors (Lipinski definition) is 3. The topological polar surface area (TPSA) is 95.9 Å². The zero-order valence-corrected chi connectivity index (χ0v) is 17.5. The first kappa shape index (κ1) is 27.7. The van der Waals surface area contributed by atoms with E-state index in [9.17, 15) is 18.0 Å². The van der Waals surface area contributed by atoms with E-state index in [-0.39, 0.29) is 6.42 Å². The van der Waals surface area contributed by atoms with Crippen molar-refractivity contribution < 1.29 is 37.7 Å². The molecule has 0 unspecified atom stereocenters. The molecule has 30 heavy (non-hydrogen) atoms. The maximum atomic E-state index is 10.6. The number of halogens is 3. The molecule has 0 spiro atoms. The van der Waals surface area contributed by atoms with Gasteiger partial charge in [0, 0.05) is 6.54 Å². The predicted octanol–water partition coefficient (Wildman–Crippen LogP) is 4.52. The standard InChI is InChI=1S/C19H31NO3.C2HF3O2/c1-3-6-17(7-4-2)15-23-18-9-5-8-16(14-18)10-12-20-13-11-19(21)22;3-2(4,5)1(6)7/h5,8-9,14,17,20H,3-4,6-7,10-13,15H2,1-2H3,(H,21,22);(H,6,7). The van der Waals surface area contributed by atoms with Gasteiger partial charge in [-0.3, -0.25) is 4.79 Å². The summed E-state index contributed by atoms with van der Waals surface area (Å²) in [6.07, 6.45) is 0.817. The smallest absolute Gasteiger partial charge is 0.490 e. The van der Waals surface area contributed by atoms with Crippen molar-refractivity contribution in [1.82, 2.24) is 5.32 Å². The molecule has 3 N–H and O–H groups in total. The van der Waals surface area contributed by atoms with E-state index < -0.39 is 18.1 Å². The summed E-state index contributed by atoms with van der Waals surface area (Å²) in [5.74, 6) is -1.94. The van der Waals surface area contributed by atoms with Gasteiger partial charge in [0.05, 0.1) is 13.0 Å². The van der Waals surface area contributed by atoms with Crippen molar-refractivity contribution in [2.45, 2.75) is 58.5 Å². The van der Waals surface area contributed by atoms with E-state index in [0.29, 0.717) is 12.5 Å². The van der Waals surface area contributed by atoms with Gasteiger partial charge in [0.2, 0.25) is 0 Å². The van der Waals surface area contributed by atoms with Crippen molar-refractivity contribution in [3.8, 4) is 5.75 Å². The van der Waals surface area contributed by atoms with E-state index in [1.54, 1.807) is 0 Å². The molecule has 1 rings (SSSR count). The first-order valence-electron chi connectivity index (χ1n) is 10.0. The van der Waals surface area contributed by atoms with Crippen molar-refractivity contribution in [2.24, 2.45) is 5.92 Å². The van der Waals surface area contributed by atoms with Crippen molar-refractivity contribution in [2.75, 3.05) is 19.7 Å². The molecule has 0 aliphatic rings. The van der Waals surface area contributed by atoms with E-state index in [4.69, 9.17) is 19.7 Å². The zero-order chi connectivity index (χ0) is 23.0. The summed E-state index contributed by atoms with van der Waals surface area (Å²) in [5.41, 5.74) is 1.22. The summed E-state index contributed by atoms with van der Waals surface area (Å²) in [4.78, 5) is 19.3. The average Bonchev–Trinajstić information content (AvgIpc) is 2.66. The number of alkyl halides is 3. The lowest BCUT2D eigenvalue weighted by Crippen LogP contribution is -2.21. The molecule has 0 bridgehead atoms. The number of carboxylic acid groups (broad SMARTS) is 2. The predicted molar refractivity (Wildman–Crippen MR) is 108 cm³/mol. The van der Waals surface area contributed by atoms with Gasteiger partial charge in [-0.25, -0.2) is 4.79 Å². The van der Waals surface area contributed by atoms with Crippen molar-refractivity contribution >= 4 is 11.9 Å². The Balaban J connectivity index is 0.00000103. The molecule has 0 saturated heterocycles. The van der Waals surface area contributed by atoms with Crippen LogP contribution in [0.4, 0.5) is 13.2 Å². The monoisotopic (exact) mass is 435 g/mol. The minimum atomic E-state index is -5.08. The Bertz CT molecular complexity index is 617. The van der Waals surface area contributed by atoms with Crippen LogP contribution in [0.15, 0.2) is 24.3 Å². The fraction of sp³-hybridized carbons (Fsp3) is 0.619. The van der Waals surface area contributed by atoms with Gasteiger partial charge in [0.15, 0.2) is 0 Å². The SMILES string of the molecule is CCCC(CCC)COc1cccc(CCNCCC(=O)O)c1.O=C(O)C(F)(F)F. The van der Waals surface area contributed by atoms with Crippen LogP contribution in [0.1, 0.15) is 51.5 Å². The van der Waals surface area contributed by atoms with Crippen molar-refractivity contribution in [1.29, 1.82) is 0 Å². The number of benzene rings is 1. The molecule has 9 heteroatoms.